The zero-order valence-corrected chi connectivity index (χ0v) is 16.9. The predicted molar refractivity (Wildman–Crippen MR) is 107 cm³/mol. The molecule has 2 aromatic rings. The highest BCUT2D eigenvalue weighted by molar-refractivity contribution is 6.32. The first-order valence-electron chi connectivity index (χ1n) is 8.88. The monoisotopic (exact) mass is 405 g/mol. The number of carbonyl (C=O) groups is 2. The van der Waals surface area contributed by atoms with E-state index >= 15 is 0 Å². The van der Waals surface area contributed by atoms with Gasteiger partial charge in [0.15, 0.2) is 11.5 Å². The largest absolute Gasteiger partial charge is 0.493 e. The topological polar surface area (TPSA) is 87.9 Å². The molecular weight excluding hydrogens is 382 g/mol. The van der Waals surface area contributed by atoms with Gasteiger partial charge in [0.05, 0.1) is 24.3 Å². The Bertz CT molecular complexity index is 833. The van der Waals surface area contributed by atoms with E-state index in [2.05, 4.69) is 13.8 Å². The van der Waals surface area contributed by atoms with E-state index in [0.717, 1.165) is 12.0 Å². The fourth-order valence-electron chi connectivity index (χ4n) is 2.37. The lowest BCUT2D eigenvalue weighted by Crippen LogP contribution is -2.11. The Morgan fingerprint density at radius 1 is 1.11 bits per heavy atom. The van der Waals surface area contributed by atoms with Gasteiger partial charge in [-0.05, 0) is 42.2 Å². The molecule has 7 heteroatoms. The van der Waals surface area contributed by atoms with E-state index in [0.29, 0.717) is 29.6 Å². The summed E-state index contributed by atoms with van der Waals surface area (Å²) in [6.07, 6.45) is 0.873. The second-order valence-corrected chi connectivity index (χ2v) is 7.06. The van der Waals surface area contributed by atoms with Crippen molar-refractivity contribution in [3.63, 3.8) is 0 Å². The molecule has 0 atom stereocenters. The highest BCUT2D eigenvalue weighted by Gasteiger charge is 2.17. The molecule has 150 valence electrons. The maximum Gasteiger partial charge on any atom is 0.338 e. The van der Waals surface area contributed by atoms with Crippen molar-refractivity contribution in [3.05, 3.63) is 58.1 Å². The van der Waals surface area contributed by atoms with Crippen LogP contribution < -0.4 is 15.2 Å². The van der Waals surface area contributed by atoms with Crippen LogP contribution in [0.2, 0.25) is 5.02 Å². The van der Waals surface area contributed by atoms with Gasteiger partial charge in [-0.1, -0.05) is 37.6 Å². The molecule has 0 spiro atoms. The number of carbonyl (C=O) groups excluding carboxylic acids is 2. The van der Waals surface area contributed by atoms with Crippen molar-refractivity contribution in [2.24, 2.45) is 11.7 Å². The number of ether oxygens (including phenoxy) is 3. The van der Waals surface area contributed by atoms with Crippen LogP contribution in [0.15, 0.2) is 36.4 Å². The van der Waals surface area contributed by atoms with Gasteiger partial charge in [-0.3, -0.25) is 4.79 Å². The van der Waals surface area contributed by atoms with Crippen molar-refractivity contribution in [2.75, 3.05) is 13.7 Å². The Balaban J connectivity index is 2.06. The first-order chi connectivity index (χ1) is 13.3. The molecule has 0 aliphatic carbocycles. The summed E-state index contributed by atoms with van der Waals surface area (Å²) in [5.41, 5.74) is 6.57. The van der Waals surface area contributed by atoms with Crippen molar-refractivity contribution in [2.45, 2.75) is 26.9 Å². The van der Waals surface area contributed by atoms with E-state index in [1.54, 1.807) is 24.3 Å². The minimum Gasteiger partial charge on any atom is -0.493 e. The Labute approximate surface area is 169 Å². The quantitative estimate of drug-likeness (QED) is 0.630. The molecule has 0 aliphatic rings. The number of benzene rings is 2. The van der Waals surface area contributed by atoms with Crippen molar-refractivity contribution >= 4 is 23.5 Å². The highest BCUT2D eigenvalue weighted by atomic mass is 35.5. The molecule has 0 saturated carbocycles. The maximum atomic E-state index is 12.4. The van der Waals surface area contributed by atoms with Crippen LogP contribution in [0.3, 0.4) is 0 Å². The second kappa shape index (κ2) is 9.99. The Kier molecular flexibility index (Phi) is 7.70. The summed E-state index contributed by atoms with van der Waals surface area (Å²) in [5.74, 6) is 0.211. The average Bonchev–Trinajstić information content (AvgIpc) is 2.67. The fourth-order valence-corrected chi connectivity index (χ4v) is 2.64. The molecule has 2 rings (SSSR count). The number of esters is 1. The van der Waals surface area contributed by atoms with Gasteiger partial charge in [0.25, 0.3) is 0 Å². The van der Waals surface area contributed by atoms with Crippen LogP contribution >= 0.6 is 11.6 Å². The number of hydrogen-bond acceptors (Lipinski definition) is 5. The molecule has 0 aliphatic heterocycles. The van der Waals surface area contributed by atoms with Gasteiger partial charge in [0, 0.05) is 5.56 Å². The lowest BCUT2D eigenvalue weighted by Gasteiger charge is -2.15. The fraction of sp³-hybridized carbons (Fsp3) is 0.333. The molecule has 2 N–H and O–H groups in total. The summed E-state index contributed by atoms with van der Waals surface area (Å²) >= 11 is 6.28. The van der Waals surface area contributed by atoms with E-state index in [1.807, 2.05) is 0 Å². The molecule has 0 unspecified atom stereocenters. The zero-order valence-electron chi connectivity index (χ0n) is 16.2. The van der Waals surface area contributed by atoms with Gasteiger partial charge in [-0.25, -0.2) is 4.79 Å². The van der Waals surface area contributed by atoms with Crippen LogP contribution in [0.4, 0.5) is 0 Å². The third-order valence-corrected chi connectivity index (χ3v) is 4.30. The third-order valence-electron chi connectivity index (χ3n) is 4.02. The van der Waals surface area contributed by atoms with Gasteiger partial charge in [-0.2, -0.15) is 0 Å². The minimum absolute atomic E-state index is 0.0461. The number of primary amides is 1. The Morgan fingerprint density at radius 3 is 2.36 bits per heavy atom. The van der Waals surface area contributed by atoms with Crippen molar-refractivity contribution in [1.82, 2.24) is 0 Å². The van der Waals surface area contributed by atoms with Gasteiger partial charge < -0.3 is 19.9 Å². The van der Waals surface area contributed by atoms with Gasteiger partial charge in [0.1, 0.15) is 6.61 Å². The predicted octanol–water partition coefficient (Wildman–Crippen LogP) is 4.23. The third kappa shape index (κ3) is 5.89. The number of rotatable bonds is 9. The standard InChI is InChI=1S/C21H24ClNO5/c1-13(2)8-9-27-19-17(22)10-16(11-18(19)26-3)21(25)28-12-14-4-6-15(7-5-14)20(23)24/h4-7,10-11,13H,8-9,12H2,1-3H3,(H2,23,24). The molecule has 0 bridgehead atoms. The molecule has 0 radical (unpaired) electrons. The summed E-state index contributed by atoms with van der Waals surface area (Å²) in [6, 6.07) is 9.53. The Morgan fingerprint density at radius 2 is 1.79 bits per heavy atom. The number of hydrogen-bond donors (Lipinski definition) is 1. The van der Waals surface area contributed by atoms with Crippen LogP contribution in [0, 0.1) is 5.92 Å². The molecular formula is C21H24ClNO5. The van der Waals surface area contributed by atoms with Crippen LogP contribution in [0.25, 0.3) is 0 Å². The van der Waals surface area contributed by atoms with Crippen molar-refractivity contribution in [1.29, 1.82) is 0 Å². The van der Waals surface area contributed by atoms with Gasteiger partial charge in [0.2, 0.25) is 5.91 Å². The molecule has 0 fully saturated rings. The average molecular weight is 406 g/mol. The first-order valence-corrected chi connectivity index (χ1v) is 9.25. The van der Waals surface area contributed by atoms with Crippen molar-refractivity contribution < 1.29 is 23.8 Å². The second-order valence-electron chi connectivity index (χ2n) is 6.66. The van der Waals surface area contributed by atoms with Crippen LogP contribution in [0.5, 0.6) is 11.5 Å². The molecule has 28 heavy (non-hydrogen) atoms. The summed E-state index contributed by atoms with van der Waals surface area (Å²) in [7, 11) is 1.48. The summed E-state index contributed by atoms with van der Waals surface area (Å²) < 4.78 is 16.3. The van der Waals surface area contributed by atoms with E-state index in [4.69, 9.17) is 31.5 Å². The molecule has 1 amide bonds. The molecule has 2 aromatic carbocycles. The van der Waals surface area contributed by atoms with Gasteiger partial charge >= 0.3 is 5.97 Å². The van der Waals surface area contributed by atoms with E-state index in [1.165, 1.54) is 19.2 Å². The highest BCUT2D eigenvalue weighted by Crippen LogP contribution is 2.37. The molecule has 6 nitrogen and oxygen atoms in total. The molecule has 0 aromatic heterocycles. The normalized spacial score (nSPS) is 10.6. The number of nitrogens with two attached hydrogens (primary N) is 1. The smallest absolute Gasteiger partial charge is 0.338 e. The number of methoxy groups -OCH3 is 1. The number of amides is 1. The van der Waals surface area contributed by atoms with Crippen LogP contribution in [-0.4, -0.2) is 25.6 Å². The van der Waals surface area contributed by atoms with Gasteiger partial charge in [-0.15, -0.1) is 0 Å². The molecule has 0 heterocycles. The van der Waals surface area contributed by atoms with E-state index < -0.39 is 11.9 Å². The lowest BCUT2D eigenvalue weighted by atomic mass is 10.1. The van der Waals surface area contributed by atoms with E-state index in [9.17, 15) is 9.59 Å². The first kappa shape index (κ1) is 21.6. The minimum atomic E-state index is -0.548. The summed E-state index contributed by atoms with van der Waals surface area (Å²) in [5, 5.41) is 0.279. The van der Waals surface area contributed by atoms with Crippen molar-refractivity contribution in [3.8, 4) is 11.5 Å². The van der Waals surface area contributed by atoms with Crippen LogP contribution in [0.1, 0.15) is 46.5 Å². The van der Waals surface area contributed by atoms with Crippen LogP contribution in [-0.2, 0) is 11.3 Å². The maximum absolute atomic E-state index is 12.4. The molecule has 0 saturated heterocycles. The lowest BCUT2D eigenvalue weighted by molar-refractivity contribution is 0.0472. The Hall–Kier alpha value is -2.73. The number of halogens is 1. The summed E-state index contributed by atoms with van der Waals surface area (Å²) in [6.45, 7) is 4.74. The summed E-state index contributed by atoms with van der Waals surface area (Å²) in [4.78, 5) is 23.5. The SMILES string of the molecule is COc1cc(C(=O)OCc2ccc(C(N)=O)cc2)cc(Cl)c1OCCC(C)C. The van der Waals surface area contributed by atoms with E-state index in [-0.39, 0.29) is 17.2 Å². The zero-order chi connectivity index (χ0) is 20.7.